The topological polar surface area (TPSA) is 69.9 Å². The molecule has 0 fully saturated rings. The minimum absolute atomic E-state index is 0.00353. The molecule has 0 aliphatic rings. The van der Waals surface area contributed by atoms with Gasteiger partial charge in [-0.3, -0.25) is 10.1 Å². The van der Waals surface area contributed by atoms with Crippen LogP contribution in [0.15, 0.2) is 18.2 Å². The van der Waals surface area contributed by atoms with Crippen molar-refractivity contribution in [3.63, 3.8) is 0 Å². The first-order chi connectivity index (χ1) is 8.45. The quantitative estimate of drug-likeness (QED) is 0.607. The minimum Gasteiger partial charge on any atom is -0.392 e. The zero-order valence-electron chi connectivity index (χ0n) is 11.0. The Kier molecular flexibility index (Phi) is 5.06. The Morgan fingerprint density at radius 2 is 1.94 bits per heavy atom. The third-order valence-corrected chi connectivity index (χ3v) is 2.74. The first-order valence-electron chi connectivity index (χ1n) is 5.69. The van der Waals surface area contributed by atoms with Gasteiger partial charge in [-0.1, -0.05) is 0 Å². The summed E-state index contributed by atoms with van der Waals surface area (Å²) in [4.78, 5) is 14.3. The van der Waals surface area contributed by atoms with Crippen LogP contribution in [-0.4, -0.2) is 49.2 Å². The highest BCUT2D eigenvalue weighted by Gasteiger charge is 2.12. The average Bonchev–Trinajstić information content (AvgIpc) is 2.34. The molecule has 0 spiro atoms. The Bertz CT molecular complexity index is 421. The maximum atomic E-state index is 10.7. The van der Waals surface area contributed by atoms with Gasteiger partial charge in [-0.05, 0) is 20.2 Å². The van der Waals surface area contributed by atoms with Crippen molar-refractivity contribution in [1.82, 2.24) is 4.90 Å². The van der Waals surface area contributed by atoms with Gasteiger partial charge in [-0.15, -0.1) is 0 Å². The van der Waals surface area contributed by atoms with Crippen LogP contribution in [0.5, 0.6) is 0 Å². The summed E-state index contributed by atoms with van der Waals surface area (Å²) in [5.41, 5.74) is 1.40. The van der Waals surface area contributed by atoms with Crippen LogP contribution in [0.2, 0.25) is 0 Å². The molecule has 0 saturated heterocycles. The molecule has 0 amide bonds. The average molecular weight is 253 g/mol. The molecule has 0 aliphatic heterocycles. The van der Waals surface area contributed by atoms with E-state index in [0.29, 0.717) is 5.56 Å². The van der Waals surface area contributed by atoms with E-state index in [1.165, 1.54) is 12.1 Å². The highest BCUT2D eigenvalue weighted by molar-refractivity contribution is 5.57. The smallest absolute Gasteiger partial charge is 0.269 e. The number of aliphatic hydroxyl groups is 1. The maximum Gasteiger partial charge on any atom is 0.269 e. The van der Waals surface area contributed by atoms with Crippen LogP contribution < -0.4 is 4.90 Å². The second kappa shape index (κ2) is 6.32. The van der Waals surface area contributed by atoms with Gasteiger partial charge in [0.15, 0.2) is 0 Å². The van der Waals surface area contributed by atoms with Gasteiger partial charge in [0.2, 0.25) is 0 Å². The number of benzene rings is 1. The van der Waals surface area contributed by atoms with Crippen molar-refractivity contribution < 1.29 is 10.0 Å². The highest BCUT2D eigenvalue weighted by Crippen LogP contribution is 2.24. The Morgan fingerprint density at radius 1 is 1.28 bits per heavy atom. The number of likely N-dealkylation sites (N-methyl/N-ethyl adjacent to an activating group) is 2. The molecule has 0 bridgehead atoms. The van der Waals surface area contributed by atoms with Gasteiger partial charge >= 0.3 is 0 Å². The number of hydrogen-bond acceptors (Lipinski definition) is 5. The minimum atomic E-state index is -0.456. The summed E-state index contributed by atoms with van der Waals surface area (Å²) in [6.07, 6.45) is 0. The van der Waals surface area contributed by atoms with E-state index in [1.807, 2.05) is 26.0 Å². The van der Waals surface area contributed by atoms with Crippen molar-refractivity contribution in [2.45, 2.75) is 6.61 Å². The molecule has 0 heterocycles. The van der Waals surface area contributed by atoms with E-state index in [0.717, 1.165) is 18.8 Å². The number of nitro groups is 1. The monoisotopic (exact) mass is 253 g/mol. The lowest BCUT2D eigenvalue weighted by Crippen LogP contribution is -2.29. The second-order valence-electron chi connectivity index (χ2n) is 4.45. The summed E-state index contributed by atoms with van der Waals surface area (Å²) in [5, 5.41) is 20.0. The lowest BCUT2D eigenvalue weighted by molar-refractivity contribution is -0.384. The molecule has 6 nitrogen and oxygen atoms in total. The van der Waals surface area contributed by atoms with Crippen LogP contribution in [0.4, 0.5) is 11.4 Å². The van der Waals surface area contributed by atoms with Crippen LogP contribution in [0.25, 0.3) is 0 Å². The van der Waals surface area contributed by atoms with E-state index in [1.54, 1.807) is 6.07 Å². The van der Waals surface area contributed by atoms with Crippen molar-refractivity contribution in [3.05, 3.63) is 33.9 Å². The summed E-state index contributed by atoms with van der Waals surface area (Å²) < 4.78 is 0. The maximum absolute atomic E-state index is 10.7. The number of nitrogens with zero attached hydrogens (tertiary/aromatic N) is 3. The van der Waals surface area contributed by atoms with Gasteiger partial charge in [0.1, 0.15) is 0 Å². The van der Waals surface area contributed by atoms with Gasteiger partial charge in [0, 0.05) is 43.5 Å². The number of anilines is 1. The Balaban J connectivity index is 2.91. The highest BCUT2D eigenvalue weighted by atomic mass is 16.6. The molecular weight excluding hydrogens is 234 g/mol. The SMILES string of the molecule is CN(C)CCN(C)c1ccc([N+](=O)[O-])cc1CO. The molecule has 0 aliphatic carbocycles. The molecule has 1 aromatic carbocycles. The van der Waals surface area contributed by atoms with E-state index in [-0.39, 0.29) is 12.3 Å². The molecule has 18 heavy (non-hydrogen) atoms. The van der Waals surface area contributed by atoms with Crippen LogP contribution in [0, 0.1) is 10.1 Å². The number of nitro benzene ring substituents is 1. The number of non-ortho nitro benzene ring substituents is 1. The molecule has 1 rings (SSSR count). The number of rotatable bonds is 6. The molecule has 0 aromatic heterocycles. The third kappa shape index (κ3) is 3.68. The predicted molar refractivity (Wildman–Crippen MR) is 70.8 cm³/mol. The predicted octanol–water partition coefficient (Wildman–Crippen LogP) is 1.08. The molecule has 100 valence electrons. The van der Waals surface area contributed by atoms with Crippen molar-refractivity contribution in [2.75, 3.05) is 39.1 Å². The van der Waals surface area contributed by atoms with Gasteiger partial charge < -0.3 is 14.9 Å². The molecule has 0 radical (unpaired) electrons. The van der Waals surface area contributed by atoms with Crippen LogP contribution in [0.1, 0.15) is 5.56 Å². The summed E-state index contributed by atoms with van der Waals surface area (Å²) in [7, 11) is 5.87. The van der Waals surface area contributed by atoms with Crippen LogP contribution in [0.3, 0.4) is 0 Å². The van der Waals surface area contributed by atoms with Crippen LogP contribution >= 0.6 is 0 Å². The lowest BCUT2D eigenvalue weighted by Gasteiger charge is -2.23. The van der Waals surface area contributed by atoms with E-state index < -0.39 is 4.92 Å². The van der Waals surface area contributed by atoms with Gasteiger partial charge in [-0.25, -0.2) is 0 Å². The number of hydrogen-bond donors (Lipinski definition) is 1. The van der Waals surface area contributed by atoms with Gasteiger partial charge in [0.05, 0.1) is 11.5 Å². The molecule has 0 unspecified atom stereocenters. The van der Waals surface area contributed by atoms with E-state index in [4.69, 9.17) is 0 Å². The molecular formula is C12H19N3O3. The lowest BCUT2D eigenvalue weighted by atomic mass is 10.1. The molecule has 0 atom stereocenters. The zero-order chi connectivity index (χ0) is 13.7. The molecule has 1 N–H and O–H groups in total. The summed E-state index contributed by atoms with van der Waals surface area (Å²) >= 11 is 0. The Morgan fingerprint density at radius 3 is 2.44 bits per heavy atom. The first-order valence-corrected chi connectivity index (χ1v) is 5.69. The standard InChI is InChI=1S/C12H19N3O3/c1-13(2)6-7-14(3)12-5-4-11(15(17)18)8-10(12)9-16/h4-5,8,16H,6-7,9H2,1-3H3. The van der Waals surface area contributed by atoms with Crippen molar-refractivity contribution in [2.24, 2.45) is 0 Å². The molecule has 6 heteroatoms. The Hall–Kier alpha value is -1.66. The zero-order valence-corrected chi connectivity index (χ0v) is 11.0. The van der Waals surface area contributed by atoms with Crippen molar-refractivity contribution in [1.29, 1.82) is 0 Å². The van der Waals surface area contributed by atoms with Gasteiger partial charge in [-0.2, -0.15) is 0 Å². The van der Waals surface area contributed by atoms with Crippen molar-refractivity contribution in [3.8, 4) is 0 Å². The van der Waals surface area contributed by atoms with E-state index >= 15 is 0 Å². The molecule has 1 aromatic rings. The fourth-order valence-corrected chi connectivity index (χ4v) is 1.65. The summed E-state index contributed by atoms with van der Waals surface area (Å²) in [6, 6.07) is 4.56. The fourth-order valence-electron chi connectivity index (χ4n) is 1.65. The van der Waals surface area contributed by atoms with Gasteiger partial charge in [0.25, 0.3) is 5.69 Å². The van der Waals surface area contributed by atoms with E-state index in [9.17, 15) is 15.2 Å². The normalized spacial score (nSPS) is 10.7. The van der Waals surface area contributed by atoms with Crippen molar-refractivity contribution >= 4 is 11.4 Å². The summed E-state index contributed by atoms with van der Waals surface area (Å²) in [6.45, 7) is 1.46. The Labute approximate surface area is 107 Å². The van der Waals surface area contributed by atoms with E-state index in [2.05, 4.69) is 4.90 Å². The fraction of sp³-hybridized carbons (Fsp3) is 0.500. The first kappa shape index (κ1) is 14.4. The molecule has 0 saturated carbocycles. The number of aliphatic hydroxyl groups excluding tert-OH is 1. The summed E-state index contributed by atoms with van der Waals surface area (Å²) in [5.74, 6) is 0. The van der Waals surface area contributed by atoms with Crippen LogP contribution in [-0.2, 0) is 6.61 Å². The largest absolute Gasteiger partial charge is 0.392 e. The third-order valence-electron chi connectivity index (χ3n) is 2.74. The second-order valence-corrected chi connectivity index (χ2v) is 4.45.